The zero-order chi connectivity index (χ0) is 37.9. The molecule has 9 N–H and O–H groups in total. The molecule has 4 aromatic rings. The van der Waals surface area contributed by atoms with Gasteiger partial charge in [0.1, 0.15) is 12.0 Å². The summed E-state index contributed by atoms with van der Waals surface area (Å²) in [6.07, 6.45) is -3.85. The van der Waals surface area contributed by atoms with Gasteiger partial charge in [-0.3, -0.25) is 4.79 Å². The molecule has 5 rings (SSSR count). The minimum atomic E-state index is -1.84. The second kappa shape index (κ2) is 14.8. The van der Waals surface area contributed by atoms with Crippen LogP contribution in [0.5, 0.6) is 46.0 Å². The molecule has 0 saturated heterocycles. The van der Waals surface area contributed by atoms with Gasteiger partial charge in [0.2, 0.25) is 12.2 Å². The monoisotopic (exact) mass is 718 g/mol. The zero-order valence-corrected chi connectivity index (χ0v) is 26.6. The number of rotatable bonds is 12. The van der Waals surface area contributed by atoms with Gasteiger partial charge >= 0.3 is 23.9 Å². The summed E-state index contributed by atoms with van der Waals surface area (Å²) in [4.78, 5) is 50.9. The van der Waals surface area contributed by atoms with Crippen molar-refractivity contribution in [2.24, 2.45) is 0 Å². The maximum absolute atomic E-state index is 13.9. The molecule has 16 heteroatoms. The Kier molecular flexibility index (Phi) is 10.3. The van der Waals surface area contributed by atoms with E-state index < -0.39 is 94.8 Å². The van der Waals surface area contributed by atoms with E-state index in [1.165, 1.54) is 24.3 Å². The van der Waals surface area contributed by atoms with Crippen LogP contribution in [-0.2, 0) is 41.5 Å². The lowest BCUT2D eigenvalue weighted by Gasteiger charge is -2.22. The van der Waals surface area contributed by atoms with E-state index in [4.69, 9.17) is 14.2 Å². The number of phenolic OH excluding ortho intramolecular Hbond substituents is 7. The van der Waals surface area contributed by atoms with Crippen molar-refractivity contribution in [3.8, 4) is 46.0 Å². The highest BCUT2D eigenvalue weighted by molar-refractivity contribution is 5.92. The largest absolute Gasteiger partial charge is 0.504 e. The molecule has 1 aliphatic rings. The Morgan fingerprint density at radius 2 is 1.13 bits per heavy atom. The van der Waals surface area contributed by atoms with E-state index in [1.54, 1.807) is 0 Å². The highest BCUT2D eigenvalue weighted by atomic mass is 16.6. The Balaban J connectivity index is 1.47. The number of benzene rings is 4. The second-order valence-electron chi connectivity index (χ2n) is 11.6. The van der Waals surface area contributed by atoms with E-state index in [0.29, 0.717) is 0 Å². The molecule has 1 aliphatic heterocycles. The van der Waals surface area contributed by atoms with E-state index in [0.717, 1.165) is 54.6 Å². The number of carboxylic acids is 2. The summed E-state index contributed by atoms with van der Waals surface area (Å²) in [6.45, 7) is 0. The molecule has 16 nitrogen and oxygen atoms in total. The van der Waals surface area contributed by atoms with Crippen molar-refractivity contribution < 1.29 is 79.3 Å². The number of carbonyl (C=O) groups is 4. The highest BCUT2D eigenvalue weighted by Crippen LogP contribution is 2.53. The molecule has 270 valence electrons. The van der Waals surface area contributed by atoms with Crippen LogP contribution in [0.4, 0.5) is 0 Å². The number of fused-ring (bicyclic) bond motifs is 1. The van der Waals surface area contributed by atoms with Crippen molar-refractivity contribution in [3.63, 3.8) is 0 Å². The first-order valence-corrected chi connectivity index (χ1v) is 15.2. The first-order chi connectivity index (χ1) is 24.6. The third-order valence-electron chi connectivity index (χ3n) is 8.04. The first-order valence-electron chi connectivity index (χ1n) is 15.2. The summed E-state index contributed by atoms with van der Waals surface area (Å²) in [5, 5.41) is 89.1. The minimum absolute atomic E-state index is 0.0443. The molecule has 0 radical (unpaired) electrons. The summed E-state index contributed by atoms with van der Waals surface area (Å²) >= 11 is 0. The molecule has 0 saturated carbocycles. The van der Waals surface area contributed by atoms with Crippen LogP contribution >= 0.6 is 0 Å². The van der Waals surface area contributed by atoms with E-state index in [-0.39, 0.29) is 40.0 Å². The van der Waals surface area contributed by atoms with Gasteiger partial charge in [0.15, 0.2) is 46.0 Å². The molecule has 0 fully saturated rings. The van der Waals surface area contributed by atoms with Crippen molar-refractivity contribution >= 4 is 30.0 Å². The molecule has 0 spiro atoms. The van der Waals surface area contributed by atoms with Gasteiger partial charge in [-0.05, 0) is 70.8 Å². The average Bonchev–Trinajstić information content (AvgIpc) is 3.50. The van der Waals surface area contributed by atoms with Crippen molar-refractivity contribution in [3.05, 3.63) is 101 Å². The standard InChI is InChI=1S/C36H30O16/c37-20-6-1-16(11-24(20)41)13-27(34(45)46)50-29(44)10-5-18-3-9-23(40)33-30(18)31(32(52-33)19-4-8-22(39)26(43)15-19)36(49)51-28(35(47)48)14-17-2-7-21(38)25(42)12-17/h1-12,15,27-28,31-32,37-43H,13-14H2,(H,45,46)(H,47,48)/t27-,28?,31+,32-/m1/s1. The first kappa shape index (κ1) is 36.2. The van der Waals surface area contributed by atoms with E-state index in [1.807, 2.05) is 0 Å². The molecule has 0 bridgehead atoms. The van der Waals surface area contributed by atoms with Gasteiger partial charge in [0.25, 0.3) is 0 Å². The summed E-state index contributed by atoms with van der Waals surface area (Å²) in [6, 6.07) is 13.0. The molecule has 4 atom stereocenters. The van der Waals surface area contributed by atoms with Crippen LogP contribution in [-0.4, -0.2) is 82.0 Å². The summed E-state index contributed by atoms with van der Waals surface area (Å²) in [5.74, 6) is -10.8. The van der Waals surface area contributed by atoms with Crippen molar-refractivity contribution in [2.45, 2.75) is 37.1 Å². The highest BCUT2D eigenvalue weighted by Gasteiger charge is 2.46. The van der Waals surface area contributed by atoms with Gasteiger partial charge < -0.3 is 60.2 Å². The van der Waals surface area contributed by atoms with Gasteiger partial charge in [-0.25, -0.2) is 14.4 Å². The Bertz CT molecular complexity index is 2090. The predicted molar refractivity (Wildman–Crippen MR) is 175 cm³/mol. The number of carbonyl (C=O) groups excluding carboxylic acids is 2. The molecular weight excluding hydrogens is 688 g/mol. The number of phenols is 7. The lowest BCUT2D eigenvalue weighted by atomic mass is 9.87. The van der Waals surface area contributed by atoms with E-state index in [2.05, 4.69) is 0 Å². The summed E-state index contributed by atoms with van der Waals surface area (Å²) in [5.41, 5.74) is 0.445. The van der Waals surface area contributed by atoms with Crippen molar-refractivity contribution in [1.82, 2.24) is 0 Å². The van der Waals surface area contributed by atoms with Crippen LogP contribution in [0.3, 0.4) is 0 Å². The van der Waals surface area contributed by atoms with Gasteiger partial charge in [-0.1, -0.05) is 24.3 Å². The lowest BCUT2D eigenvalue weighted by molar-refractivity contribution is -0.166. The van der Waals surface area contributed by atoms with Crippen LogP contribution in [0.15, 0.2) is 72.8 Å². The normalized spacial score (nSPS) is 16.0. The van der Waals surface area contributed by atoms with Gasteiger partial charge in [-0.2, -0.15) is 0 Å². The van der Waals surface area contributed by atoms with Crippen LogP contribution in [0.25, 0.3) is 6.08 Å². The molecule has 0 amide bonds. The third kappa shape index (κ3) is 7.86. The number of esters is 2. The topological polar surface area (TPSA) is 278 Å². The lowest BCUT2D eigenvalue weighted by Crippen LogP contribution is -2.33. The minimum Gasteiger partial charge on any atom is -0.504 e. The fraction of sp³-hybridized carbons (Fsp3) is 0.167. The molecule has 1 unspecified atom stereocenters. The Morgan fingerprint density at radius 3 is 1.65 bits per heavy atom. The average molecular weight is 719 g/mol. The van der Waals surface area contributed by atoms with Crippen LogP contribution in [0, 0.1) is 0 Å². The van der Waals surface area contributed by atoms with Crippen molar-refractivity contribution in [2.75, 3.05) is 0 Å². The molecule has 4 aromatic carbocycles. The summed E-state index contributed by atoms with van der Waals surface area (Å²) in [7, 11) is 0. The van der Waals surface area contributed by atoms with Crippen LogP contribution < -0.4 is 4.74 Å². The molecule has 52 heavy (non-hydrogen) atoms. The van der Waals surface area contributed by atoms with Gasteiger partial charge in [0.05, 0.1) is 0 Å². The fourth-order valence-electron chi connectivity index (χ4n) is 5.49. The van der Waals surface area contributed by atoms with Gasteiger partial charge in [-0.15, -0.1) is 0 Å². The Morgan fingerprint density at radius 1 is 0.635 bits per heavy atom. The Labute approximate surface area is 292 Å². The maximum Gasteiger partial charge on any atom is 0.345 e. The molecule has 1 heterocycles. The van der Waals surface area contributed by atoms with Crippen LogP contribution in [0.2, 0.25) is 0 Å². The zero-order valence-electron chi connectivity index (χ0n) is 26.6. The smallest absolute Gasteiger partial charge is 0.345 e. The molecular formula is C36H30O16. The third-order valence-corrected chi connectivity index (χ3v) is 8.04. The van der Waals surface area contributed by atoms with E-state index in [9.17, 15) is 65.1 Å². The number of aromatic hydroxyl groups is 7. The molecule has 0 aliphatic carbocycles. The maximum atomic E-state index is 13.9. The summed E-state index contributed by atoms with van der Waals surface area (Å²) < 4.78 is 16.5. The number of aliphatic carboxylic acids is 2. The predicted octanol–water partition coefficient (Wildman–Crippen LogP) is 3.33. The van der Waals surface area contributed by atoms with E-state index >= 15 is 0 Å². The van der Waals surface area contributed by atoms with Crippen LogP contribution in [0.1, 0.15) is 39.8 Å². The Hall–Kier alpha value is -7.10. The molecule has 0 aromatic heterocycles. The van der Waals surface area contributed by atoms with Gasteiger partial charge in [0, 0.05) is 24.5 Å². The number of carboxylic acid groups (broad SMARTS) is 2. The fourth-order valence-corrected chi connectivity index (χ4v) is 5.49. The number of hydrogen-bond acceptors (Lipinski definition) is 14. The SMILES string of the molecule is O=C(C=Cc1ccc(O)c2c1[C@H](C(=O)OC(Cc1ccc(O)c(O)c1)C(=O)O)[C@@H](c1ccc(O)c(O)c1)O2)O[C@H](Cc1ccc(O)c(O)c1)C(=O)O. The second-order valence-corrected chi connectivity index (χ2v) is 11.6. The quantitative estimate of drug-likeness (QED) is 0.0577. The number of hydrogen-bond donors (Lipinski definition) is 9. The number of ether oxygens (including phenoxy) is 3. The van der Waals surface area contributed by atoms with Crippen molar-refractivity contribution in [1.29, 1.82) is 0 Å².